The molecule has 4 rings (SSSR count). The summed E-state index contributed by atoms with van der Waals surface area (Å²) in [7, 11) is -4.28. The van der Waals surface area contributed by atoms with Gasteiger partial charge in [-0.25, -0.2) is 13.4 Å². The lowest BCUT2D eigenvalue weighted by Crippen LogP contribution is -2.34. The Morgan fingerprint density at radius 2 is 1.81 bits per heavy atom. The average molecular weight is 530 g/mol. The second-order valence-corrected chi connectivity index (χ2v) is 10.5. The van der Waals surface area contributed by atoms with E-state index in [0.29, 0.717) is 47.8 Å². The monoisotopic (exact) mass is 529 g/mol. The van der Waals surface area contributed by atoms with Crippen LogP contribution in [0.25, 0.3) is 0 Å². The molecule has 2 aromatic rings. The van der Waals surface area contributed by atoms with Crippen LogP contribution in [0.4, 0.5) is 23.2 Å². The lowest BCUT2D eigenvalue weighted by atomic mass is 9.97. The van der Waals surface area contributed by atoms with Gasteiger partial charge in [-0.15, -0.1) is 0 Å². The molecule has 0 atom stereocenters. The van der Waals surface area contributed by atoms with Gasteiger partial charge in [0.15, 0.2) is 5.82 Å². The third kappa shape index (κ3) is 6.28. The van der Waals surface area contributed by atoms with Crippen LogP contribution in [0.1, 0.15) is 42.4 Å². The van der Waals surface area contributed by atoms with Crippen molar-refractivity contribution in [3.63, 3.8) is 0 Å². The van der Waals surface area contributed by atoms with Crippen molar-refractivity contribution in [3.8, 4) is 5.75 Å². The summed E-state index contributed by atoms with van der Waals surface area (Å²) in [5.74, 6) is -1.53. The number of carbonyl (C=O) groups is 1. The Bertz CT molecular complexity index is 1210. The van der Waals surface area contributed by atoms with Crippen molar-refractivity contribution >= 4 is 21.8 Å². The highest BCUT2D eigenvalue weighted by Crippen LogP contribution is 2.40. The van der Waals surface area contributed by atoms with Crippen molar-refractivity contribution in [2.24, 2.45) is 0 Å². The molecule has 0 bridgehead atoms. The van der Waals surface area contributed by atoms with Crippen molar-refractivity contribution < 1.29 is 35.5 Å². The van der Waals surface area contributed by atoms with Gasteiger partial charge in [-0.3, -0.25) is 9.69 Å². The highest BCUT2D eigenvalue weighted by Gasteiger charge is 2.39. The summed E-state index contributed by atoms with van der Waals surface area (Å²) in [5, 5.41) is 0. The lowest BCUT2D eigenvalue weighted by Gasteiger charge is -2.31. The van der Waals surface area contributed by atoms with Crippen molar-refractivity contribution in [1.29, 1.82) is 0 Å². The summed E-state index contributed by atoms with van der Waals surface area (Å²) in [4.78, 5) is 13.8. The van der Waals surface area contributed by atoms with E-state index >= 15 is 4.39 Å². The molecule has 2 aromatic carbocycles. The Kier molecular flexibility index (Phi) is 7.74. The van der Waals surface area contributed by atoms with Crippen LogP contribution in [0.15, 0.2) is 36.4 Å². The van der Waals surface area contributed by atoms with Gasteiger partial charge in [-0.1, -0.05) is 36.8 Å². The molecule has 1 saturated heterocycles. The van der Waals surface area contributed by atoms with Gasteiger partial charge in [-0.05, 0) is 43.0 Å². The molecule has 2 aliphatic rings. The fraction of sp³-hybridized carbons (Fsp3) is 0.458. The van der Waals surface area contributed by atoms with Crippen molar-refractivity contribution in [2.45, 2.75) is 51.4 Å². The number of rotatable bonds is 9. The number of ether oxygens (including phenoxy) is 1. The van der Waals surface area contributed by atoms with E-state index in [4.69, 9.17) is 4.74 Å². The molecule has 196 valence electrons. The highest BCUT2D eigenvalue weighted by atomic mass is 32.2. The molecular weight excluding hydrogens is 502 g/mol. The largest absolute Gasteiger partial charge is 0.487 e. The maximum Gasteiger partial charge on any atom is 0.389 e. The normalized spacial score (nSPS) is 17.7. The summed E-state index contributed by atoms with van der Waals surface area (Å²) in [6.07, 6.45) is -3.53. The molecule has 0 aliphatic carbocycles. The van der Waals surface area contributed by atoms with Crippen LogP contribution >= 0.6 is 0 Å². The summed E-state index contributed by atoms with van der Waals surface area (Å²) in [6, 6.07) is 10.7. The fourth-order valence-electron chi connectivity index (χ4n) is 4.43. The number of hydrogen-bond acceptors (Lipinski definition) is 5. The first kappa shape index (κ1) is 26.2. The molecule has 0 saturated carbocycles. The summed E-state index contributed by atoms with van der Waals surface area (Å²) >= 11 is 0. The zero-order valence-corrected chi connectivity index (χ0v) is 20.3. The van der Waals surface area contributed by atoms with Crippen molar-refractivity contribution in [2.75, 3.05) is 23.9 Å². The molecule has 2 aliphatic heterocycles. The second-order valence-electron chi connectivity index (χ2n) is 8.94. The van der Waals surface area contributed by atoms with E-state index in [1.807, 2.05) is 40.0 Å². The summed E-state index contributed by atoms with van der Waals surface area (Å²) in [5.41, 5.74) is 1.45. The first-order chi connectivity index (χ1) is 17.0. The number of fused-ring (bicyclic) bond motifs is 1. The molecular formula is C24H27F4N3O4S. The first-order valence-corrected chi connectivity index (χ1v) is 13.1. The van der Waals surface area contributed by atoms with Gasteiger partial charge in [0.25, 0.3) is 5.91 Å². The van der Waals surface area contributed by atoms with Gasteiger partial charge in [0.1, 0.15) is 24.6 Å². The molecule has 1 N–H and O–H groups in total. The van der Waals surface area contributed by atoms with E-state index in [0.717, 1.165) is 5.56 Å². The standard InChI is InChI=1S/C24H27F4N3O4S/c25-22-19-14-30(11-6-2-5-10-24(26,27)28)12-9-18(19)13-20(35-16-17-7-3-1-4-8-17)23(22)31-15-21(32)29-36(31,33)34/h1,3-4,7-8,13H,2,5-6,9-12,14-16H2,(H,29,32). The number of hydrogen-bond donors (Lipinski definition) is 1. The molecule has 0 spiro atoms. The maximum absolute atomic E-state index is 15.9. The van der Waals surface area contributed by atoms with Gasteiger partial charge in [0, 0.05) is 25.1 Å². The van der Waals surface area contributed by atoms with Crippen LogP contribution in [-0.4, -0.2) is 45.0 Å². The number of anilines is 1. The molecule has 36 heavy (non-hydrogen) atoms. The number of benzene rings is 2. The predicted octanol–water partition coefficient (Wildman–Crippen LogP) is 4.07. The number of carbonyl (C=O) groups excluding carboxylic acids is 1. The van der Waals surface area contributed by atoms with Crippen LogP contribution in [0, 0.1) is 5.82 Å². The summed E-state index contributed by atoms with van der Waals surface area (Å²) in [6.45, 7) is 0.779. The van der Waals surface area contributed by atoms with Gasteiger partial charge >= 0.3 is 16.4 Å². The Hall–Kier alpha value is -2.86. The van der Waals surface area contributed by atoms with E-state index in [-0.39, 0.29) is 31.0 Å². The van der Waals surface area contributed by atoms with Gasteiger partial charge < -0.3 is 4.74 Å². The SMILES string of the molecule is O=C1CN(c2c(OCc3ccccc3)cc3c(c2F)CN(CCCCCC(F)(F)F)CC3)S(=O)(=O)N1. The quantitative estimate of drug-likeness (QED) is 0.392. The lowest BCUT2D eigenvalue weighted by molar-refractivity contribution is -0.135. The highest BCUT2D eigenvalue weighted by molar-refractivity contribution is 7.92. The average Bonchev–Trinajstić information content (AvgIpc) is 3.09. The van der Waals surface area contributed by atoms with Gasteiger partial charge in [0.2, 0.25) is 0 Å². The number of amides is 1. The Morgan fingerprint density at radius 3 is 2.47 bits per heavy atom. The topological polar surface area (TPSA) is 79.0 Å². The number of nitrogens with one attached hydrogen (secondary N) is 1. The zero-order chi connectivity index (χ0) is 25.9. The van der Waals surface area contributed by atoms with Crippen LogP contribution in [0.5, 0.6) is 5.75 Å². The van der Waals surface area contributed by atoms with Gasteiger partial charge in [0.05, 0.1) is 0 Å². The Morgan fingerprint density at radius 1 is 1.06 bits per heavy atom. The molecule has 0 radical (unpaired) electrons. The molecule has 1 fully saturated rings. The number of alkyl halides is 3. The summed E-state index contributed by atoms with van der Waals surface area (Å²) < 4.78 is 86.4. The molecule has 12 heteroatoms. The van der Waals surface area contributed by atoms with E-state index in [2.05, 4.69) is 0 Å². The fourth-order valence-corrected chi connectivity index (χ4v) is 5.59. The molecule has 0 unspecified atom stereocenters. The second kappa shape index (κ2) is 10.6. The number of unbranched alkanes of at least 4 members (excludes halogenated alkanes) is 2. The molecule has 2 heterocycles. The third-order valence-electron chi connectivity index (χ3n) is 6.22. The van der Waals surface area contributed by atoms with E-state index in [1.165, 1.54) is 0 Å². The van der Waals surface area contributed by atoms with Crippen molar-refractivity contribution in [3.05, 3.63) is 58.9 Å². The van der Waals surface area contributed by atoms with Crippen molar-refractivity contribution in [1.82, 2.24) is 9.62 Å². The van der Waals surface area contributed by atoms with Gasteiger partial charge in [-0.2, -0.15) is 21.6 Å². The minimum Gasteiger partial charge on any atom is -0.487 e. The smallest absolute Gasteiger partial charge is 0.389 e. The Labute approximate surface area is 207 Å². The predicted molar refractivity (Wildman–Crippen MR) is 125 cm³/mol. The molecule has 7 nitrogen and oxygen atoms in total. The maximum atomic E-state index is 15.9. The van der Waals surface area contributed by atoms with E-state index in [1.54, 1.807) is 6.07 Å². The first-order valence-electron chi connectivity index (χ1n) is 11.7. The van der Waals surface area contributed by atoms with Crippen LogP contribution in [-0.2, 0) is 34.6 Å². The Balaban J connectivity index is 1.55. The molecule has 0 aromatic heterocycles. The van der Waals surface area contributed by atoms with Crippen LogP contribution < -0.4 is 13.8 Å². The van der Waals surface area contributed by atoms with E-state index in [9.17, 15) is 26.4 Å². The number of nitrogens with zero attached hydrogens (tertiary/aromatic N) is 2. The third-order valence-corrected chi connectivity index (χ3v) is 7.60. The zero-order valence-electron chi connectivity index (χ0n) is 19.5. The molecule has 1 amide bonds. The van der Waals surface area contributed by atoms with Crippen LogP contribution in [0.3, 0.4) is 0 Å². The minimum atomic E-state index is -4.28. The van der Waals surface area contributed by atoms with Crippen LogP contribution in [0.2, 0.25) is 0 Å². The van der Waals surface area contributed by atoms with E-state index < -0.39 is 41.1 Å². The minimum absolute atomic E-state index is 0.0239. The number of halogens is 4.